The van der Waals surface area contributed by atoms with Gasteiger partial charge in [-0.25, -0.2) is 9.97 Å². The lowest BCUT2D eigenvalue weighted by Crippen LogP contribution is -2.20. The number of nitrogens with zero attached hydrogens (tertiary/aromatic N) is 2. The van der Waals surface area contributed by atoms with E-state index in [0.717, 1.165) is 37.8 Å². The molecule has 0 bridgehead atoms. The fraction of sp³-hybridized carbons (Fsp3) is 0.733. The van der Waals surface area contributed by atoms with Crippen LogP contribution in [0.4, 0.5) is 11.6 Å². The van der Waals surface area contributed by atoms with E-state index in [1.165, 1.54) is 32.1 Å². The molecule has 1 saturated carbocycles. The fourth-order valence-corrected chi connectivity index (χ4v) is 2.44. The zero-order valence-corrected chi connectivity index (χ0v) is 12.4. The third-order valence-corrected chi connectivity index (χ3v) is 3.54. The molecule has 2 rings (SSSR count). The van der Waals surface area contributed by atoms with E-state index in [4.69, 9.17) is 4.74 Å². The third-order valence-electron chi connectivity index (χ3n) is 3.54. The average Bonchev–Trinajstić information content (AvgIpc) is 2.51. The summed E-state index contributed by atoms with van der Waals surface area (Å²) < 4.78 is 5.88. The molecule has 0 atom stereocenters. The number of hydrogen-bond acceptors (Lipinski definition) is 5. The summed E-state index contributed by atoms with van der Waals surface area (Å²) in [5, 5.41) is 6.54. The number of hydrogen-bond donors (Lipinski definition) is 2. The Kier molecular flexibility index (Phi) is 6.57. The van der Waals surface area contributed by atoms with E-state index in [9.17, 15) is 0 Å². The molecule has 1 aliphatic rings. The van der Waals surface area contributed by atoms with Crippen LogP contribution >= 0.6 is 0 Å². The summed E-state index contributed by atoms with van der Waals surface area (Å²) in [5.41, 5.74) is 0. The van der Waals surface area contributed by atoms with Gasteiger partial charge in [0.1, 0.15) is 18.0 Å². The molecule has 5 nitrogen and oxygen atoms in total. The lowest BCUT2D eigenvalue weighted by molar-refractivity contribution is 0.0347. The Morgan fingerprint density at radius 2 is 1.80 bits per heavy atom. The molecule has 0 amide bonds. The minimum Gasteiger partial charge on any atom is -0.376 e. The quantitative estimate of drug-likeness (QED) is 0.716. The number of rotatable bonds is 8. The zero-order chi connectivity index (χ0) is 14.0. The van der Waals surface area contributed by atoms with Crippen molar-refractivity contribution in [1.29, 1.82) is 0 Å². The van der Waals surface area contributed by atoms with Crippen LogP contribution in [0.25, 0.3) is 0 Å². The molecule has 0 aliphatic heterocycles. The van der Waals surface area contributed by atoms with Crippen molar-refractivity contribution in [2.24, 2.45) is 0 Å². The summed E-state index contributed by atoms with van der Waals surface area (Å²) >= 11 is 0. The normalized spacial score (nSPS) is 16.1. The van der Waals surface area contributed by atoms with Crippen LogP contribution in [0.1, 0.15) is 45.4 Å². The van der Waals surface area contributed by atoms with E-state index in [2.05, 4.69) is 27.5 Å². The number of aromatic nitrogens is 2. The second kappa shape index (κ2) is 8.74. The van der Waals surface area contributed by atoms with Gasteiger partial charge in [-0.2, -0.15) is 0 Å². The molecule has 0 aromatic carbocycles. The zero-order valence-electron chi connectivity index (χ0n) is 12.4. The van der Waals surface area contributed by atoms with Gasteiger partial charge in [0.05, 0.1) is 12.7 Å². The average molecular weight is 278 g/mol. The Hall–Kier alpha value is -1.36. The van der Waals surface area contributed by atoms with Gasteiger partial charge < -0.3 is 15.4 Å². The van der Waals surface area contributed by atoms with Crippen molar-refractivity contribution >= 4 is 11.6 Å². The maximum absolute atomic E-state index is 5.88. The molecular formula is C15H26N4O. The van der Waals surface area contributed by atoms with Gasteiger partial charge in [-0.3, -0.25) is 0 Å². The largest absolute Gasteiger partial charge is 0.376 e. The molecule has 1 fully saturated rings. The summed E-state index contributed by atoms with van der Waals surface area (Å²) in [6.07, 6.45) is 9.58. The minimum absolute atomic E-state index is 0.470. The second-order valence-electron chi connectivity index (χ2n) is 5.27. The molecule has 0 spiro atoms. The second-order valence-corrected chi connectivity index (χ2v) is 5.27. The Morgan fingerprint density at radius 1 is 1.10 bits per heavy atom. The van der Waals surface area contributed by atoms with E-state index in [0.29, 0.717) is 6.10 Å². The topological polar surface area (TPSA) is 59.1 Å². The van der Waals surface area contributed by atoms with E-state index < -0.39 is 0 Å². The molecule has 0 unspecified atom stereocenters. The molecular weight excluding hydrogens is 252 g/mol. The summed E-state index contributed by atoms with van der Waals surface area (Å²) in [6.45, 7) is 4.60. The van der Waals surface area contributed by atoms with E-state index >= 15 is 0 Å². The molecule has 112 valence electrons. The van der Waals surface area contributed by atoms with Gasteiger partial charge in [-0.05, 0) is 19.3 Å². The molecule has 20 heavy (non-hydrogen) atoms. The fourth-order valence-electron chi connectivity index (χ4n) is 2.44. The van der Waals surface area contributed by atoms with Crippen molar-refractivity contribution in [2.75, 3.05) is 30.3 Å². The molecule has 1 aliphatic carbocycles. The van der Waals surface area contributed by atoms with Crippen LogP contribution in [0, 0.1) is 0 Å². The molecule has 2 N–H and O–H groups in total. The predicted octanol–water partition coefficient (Wildman–Crippen LogP) is 3.06. The first-order chi connectivity index (χ1) is 9.88. The SMILES string of the molecule is CCCNc1cc(NCCOC2CCCCC2)ncn1. The van der Waals surface area contributed by atoms with Gasteiger partial charge in [0.2, 0.25) is 0 Å². The molecule has 0 radical (unpaired) electrons. The maximum Gasteiger partial charge on any atom is 0.131 e. The van der Waals surface area contributed by atoms with Crippen LogP contribution in [0.2, 0.25) is 0 Å². The van der Waals surface area contributed by atoms with Gasteiger partial charge in [0, 0.05) is 19.2 Å². The lowest BCUT2D eigenvalue weighted by Gasteiger charge is -2.22. The molecule has 1 heterocycles. The Labute approximate surface area is 121 Å². The van der Waals surface area contributed by atoms with Gasteiger partial charge in [-0.1, -0.05) is 26.2 Å². The van der Waals surface area contributed by atoms with Crippen molar-refractivity contribution in [2.45, 2.75) is 51.6 Å². The monoisotopic (exact) mass is 278 g/mol. The first-order valence-corrected chi connectivity index (χ1v) is 7.80. The van der Waals surface area contributed by atoms with Crippen molar-refractivity contribution in [3.63, 3.8) is 0 Å². The summed E-state index contributed by atoms with van der Waals surface area (Å²) in [4.78, 5) is 8.40. The van der Waals surface area contributed by atoms with Gasteiger partial charge in [0.15, 0.2) is 0 Å². The van der Waals surface area contributed by atoms with Crippen molar-refractivity contribution in [3.05, 3.63) is 12.4 Å². The number of nitrogens with one attached hydrogen (secondary N) is 2. The van der Waals surface area contributed by atoms with Crippen LogP contribution in [0.5, 0.6) is 0 Å². The predicted molar refractivity (Wildman–Crippen MR) is 82.1 cm³/mol. The van der Waals surface area contributed by atoms with Crippen molar-refractivity contribution in [1.82, 2.24) is 9.97 Å². The minimum atomic E-state index is 0.470. The van der Waals surface area contributed by atoms with Gasteiger partial charge >= 0.3 is 0 Å². The smallest absolute Gasteiger partial charge is 0.131 e. The van der Waals surface area contributed by atoms with Crippen LogP contribution in [0.15, 0.2) is 12.4 Å². The highest BCUT2D eigenvalue weighted by Gasteiger charge is 2.12. The van der Waals surface area contributed by atoms with E-state index in [-0.39, 0.29) is 0 Å². The first kappa shape index (κ1) is 15.0. The Morgan fingerprint density at radius 3 is 2.50 bits per heavy atom. The Bertz CT molecular complexity index is 380. The highest BCUT2D eigenvalue weighted by atomic mass is 16.5. The van der Waals surface area contributed by atoms with Gasteiger partial charge in [-0.15, -0.1) is 0 Å². The molecule has 5 heteroatoms. The first-order valence-electron chi connectivity index (χ1n) is 7.80. The van der Waals surface area contributed by atoms with Gasteiger partial charge in [0.25, 0.3) is 0 Å². The number of anilines is 2. The van der Waals surface area contributed by atoms with Crippen LogP contribution in [-0.2, 0) is 4.74 Å². The van der Waals surface area contributed by atoms with Crippen molar-refractivity contribution < 1.29 is 4.74 Å². The van der Waals surface area contributed by atoms with E-state index in [1.54, 1.807) is 6.33 Å². The summed E-state index contributed by atoms with van der Waals surface area (Å²) in [6, 6.07) is 1.94. The maximum atomic E-state index is 5.88. The Balaban J connectivity index is 1.65. The highest BCUT2D eigenvalue weighted by molar-refractivity contribution is 5.46. The summed E-state index contributed by atoms with van der Waals surface area (Å²) in [7, 11) is 0. The third kappa shape index (κ3) is 5.33. The van der Waals surface area contributed by atoms with E-state index in [1.807, 2.05) is 6.07 Å². The lowest BCUT2D eigenvalue weighted by atomic mass is 9.98. The van der Waals surface area contributed by atoms with Crippen molar-refractivity contribution in [3.8, 4) is 0 Å². The molecule has 1 aromatic rings. The van der Waals surface area contributed by atoms with Crippen LogP contribution in [-0.4, -0.2) is 35.8 Å². The highest BCUT2D eigenvalue weighted by Crippen LogP contribution is 2.20. The molecule has 1 aromatic heterocycles. The summed E-state index contributed by atoms with van der Waals surface area (Å²) in [5.74, 6) is 1.73. The number of ether oxygens (including phenoxy) is 1. The standard InChI is InChI=1S/C15H26N4O/c1-2-8-16-14-11-15(19-12-18-14)17-9-10-20-13-6-4-3-5-7-13/h11-13H,2-10H2,1H3,(H2,16,17,18,19). The van der Waals surface area contributed by atoms with Crippen LogP contribution in [0.3, 0.4) is 0 Å². The van der Waals surface area contributed by atoms with Crippen LogP contribution < -0.4 is 10.6 Å². The molecule has 0 saturated heterocycles.